The van der Waals surface area contributed by atoms with E-state index in [1.165, 1.54) is 0 Å². The van der Waals surface area contributed by atoms with Gasteiger partial charge in [0.2, 0.25) is 0 Å². The van der Waals surface area contributed by atoms with Crippen LogP contribution in [0.1, 0.15) is 15.9 Å². The van der Waals surface area contributed by atoms with Crippen LogP contribution in [0.25, 0.3) is 0 Å². The van der Waals surface area contributed by atoms with Crippen molar-refractivity contribution in [3.8, 4) is 5.75 Å². The van der Waals surface area contributed by atoms with Crippen molar-refractivity contribution in [1.29, 1.82) is 0 Å². The molecule has 1 N–H and O–H groups in total. The van der Waals surface area contributed by atoms with Crippen molar-refractivity contribution in [1.82, 2.24) is 15.1 Å². The second kappa shape index (κ2) is 12.2. The molecular weight excluding hydrogens is 467 g/mol. The molecule has 0 aliphatic carbocycles. The highest BCUT2D eigenvalue weighted by atomic mass is 127. The van der Waals surface area contributed by atoms with Crippen molar-refractivity contribution >= 4 is 35.8 Å². The fraction of sp³-hybridized carbons (Fsp3) is 0.333. The smallest absolute Gasteiger partial charge is 0.253 e. The molecule has 28 heavy (non-hydrogen) atoms. The summed E-state index contributed by atoms with van der Waals surface area (Å²) in [6.45, 7) is 1.92. The summed E-state index contributed by atoms with van der Waals surface area (Å²) in [5.74, 6) is 1.66. The molecule has 0 radical (unpaired) electrons. The lowest BCUT2D eigenvalue weighted by atomic mass is 10.1. The first-order valence-corrected chi connectivity index (χ1v) is 8.91. The Hall–Kier alpha value is -2.29. The second-order valence-corrected chi connectivity index (χ2v) is 6.38. The minimum atomic E-state index is 0. The number of amides is 1. The molecule has 7 heteroatoms. The van der Waals surface area contributed by atoms with Gasteiger partial charge in [-0.25, -0.2) is 0 Å². The van der Waals surface area contributed by atoms with Crippen LogP contribution in [-0.4, -0.2) is 63.0 Å². The Morgan fingerprint density at radius 3 is 2.25 bits per heavy atom. The number of halogens is 1. The van der Waals surface area contributed by atoms with Gasteiger partial charge in [-0.2, -0.15) is 0 Å². The van der Waals surface area contributed by atoms with Crippen LogP contribution in [0, 0.1) is 0 Å². The Bertz CT molecular complexity index is 749. The van der Waals surface area contributed by atoms with Crippen LogP contribution in [0.3, 0.4) is 0 Å². The normalized spacial score (nSPS) is 10.6. The van der Waals surface area contributed by atoms with Gasteiger partial charge in [0, 0.05) is 40.3 Å². The van der Waals surface area contributed by atoms with Gasteiger partial charge in [-0.15, -0.1) is 24.0 Å². The number of aliphatic imine (C=N–C) groups is 1. The summed E-state index contributed by atoms with van der Waals surface area (Å²) in [4.78, 5) is 19.8. The van der Waals surface area contributed by atoms with Gasteiger partial charge < -0.3 is 19.9 Å². The van der Waals surface area contributed by atoms with Gasteiger partial charge in [-0.1, -0.05) is 30.3 Å². The van der Waals surface area contributed by atoms with Crippen molar-refractivity contribution in [3.05, 3.63) is 65.7 Å². The number of nitrogens with zero attached hydrogens (tertiary/aromatic N) is 3. The largest absolute Gasteiger partial charge is 0.492 e. The van der Waals surface area contributed by atoms with Gasteiger partial charge in [0.25, 0.3) is 5.91 Å². The molecule has 152 valence electrons. The SMILES string of the molecule is CN=C(NCc1ccc(C(=O)N(C)C)cc1)N(C)CCOc1ccccc1.I. The zero-order valence-electron chi connectivity index (χ0n) is 16.9. The Kier molecular flexibility index (Phi) is 10.4. The van der Waals surface area contributed by atoms with Gasteiger partial charge >= 0.3 is 0 Å². The summed E-state index contributed by atoms with van der Waals surface area (Å²) in [6.07, 6.45) is 0. The molecule has 0 aromatic heterocycles. The third kappa shape index (κ3) is 7.38. The highest BCUT2D eigenvalue weighted by Gasteiger charge is 2.08. The molecule has 6 nitrogen and oxygen atoms in total. The maximum absolute atomic E-state index is 11.9. The second-order valence-electron chi connectivity index (χ2n) is 6.38. The Labute approximate surface area is 184 Å². The maximum Gasteiger partial charge on any atom is 0.253 e. The predicted molar refractivity (Wildman–Crippen MR) is 125 cm³/mol. The quantitative estimate of drug-likeness (QED) is 0.364. The first kappa shape index (κ1) is 23.7. The predicted octanol–water partition coefficient (Wildman–Crippen LogP) is 3.09. The zero-order chi connectivity index (χ0) is 19.6. The number of para-hydroxylation sites is 1. The number of guanidine groups is 1. The maximum atomic E-state index is 11.9. The number of carbonyl (C=O) groups excluding carboxylic acids is 1. The van der Waals surface area contributed by atoms with Crippen LogP contribution >= 0.6 is 24.0 Å². The highest BCUT2D eigenvalue weighted by molar-refractivity contribution is 14.0. The molecule has 0 atom stereocenters. The summed E-state index contributed by atoms with van der Waals surface area (Å²) >= 11 is 0. The van der Waals surface area contributed by atoms with Crippen LogP contribution < -0.4 is 10.1 Å². The number of hydrogen-bond acceptors (Lipinski definition) is 3. The Morgan fingerprint density at radius 1 is 1.04 bits per heavy atom. The number of rotatable bonds is 7. The van der Waals surface area contributed by atoms with E-state index in [9.17, 15) is 4.79 Å². The molecule has 0 aliphatic heterocycles. The molecular formula is C21H29IN4O2. The number of likely N-dealkylation sites (N-methyl/N-ethyl adjacent to an activating group) is 1. The van der Waals surface area contributed by atoms with Crippen molar-refractivity contribution < 1.29 is 9.53 Å². The zero-order valence-corrected chi connectivity index (χ0v) is 19.2. The van der Waals surface area contributed by atoms with E-state index in [1.807, 2.05) is 66.5 Å². The van der Waals surface area contributed by atoms with E-state index < -0.39 is 0 Å². The minimum absolute atomic E-state index is 0. The van der Waals surface area contributed by atoms with Crippen molar-refractivity contribution in [2.24, 2.45) is 4.99 Å². The lowest BCUT2D eigenvalue weighted by molar-refractivity contribution is 0.0827. The molecule has 2 rings (SSSR count). The molecule has 2 aromatic carbocycles. The monoisotopic (exact) mass is 496 g/mol. The van der Waals surface area contributed by atoms with Crippen LogP contribution in [0.4, 0.5) is 0 Å². The third-order valence-electron chi connectivity index (χ3n) is 4.07. The van der Waals surface area contributed by atoms with E-state index in [1.54, 1.807) is 26.0 Å². The van der Waals surface area contributed by atoms with Crippen LogP contribution in [-0.2, 0) is 6.54 Å². The van der Waals surface area contributed by atoms with E-state index in [2.05, 4.69) is 10.3 Å². The van der Waals surface area contributed by atoms with Gasteiger partial charge in [-0.3, -0.25) is 9.79 Å². The summed E-state index contributed by atoms with van der Waals surface area (Å²) in [6, 6.07) is 17.4. The van der Waals surface area contributed by atoms with E-state index in [-0.39, 0.29) is 29.9 Å². The van der Waals surface area contributed by atoms with Gasteiger partial charge in [0.1, 0.15) is 12.4 Å². The average Bonchev–Trinajstić information content (AvgIpc) is 2.69. The van der Waals surface area contributed by atoms with Crippen molar-refractivity contribution in [3.63, 3.8) is 0 Å². The van der Waals surface area contributed by atoms with E-state index in [0.717, 1.165) is 17.3 Å². The summed E-state index contributed by atoms with van der Waals surface area (Å²) < 4.78 is 5.73. The molecule has 0 heterocycles. The first-order valence-electron chi connectivity index (χ1n) is 8.91. The lowest BCUT2D eigenvalue weighted by Crippen LogP contribution is -2.40. The standard InChI is InChI=1S/C21H28N4O2.HI/c1-22-21(25(4)14-15-27-19-8-6-5-7-9-19)23-16-17-10-12-18(13-11-17)20(26)24(2)3;/h5-13H,14-16H2,1-4H3,(H,22,23);1H. The highest BCUT2D eigenvalue weighted by Crippen LogP contribution is 2.08. The van der Waals surface area contributed by atoms with E-state index in [4.69, 9.17) is 4.74 Å². The fourth-order valence-electron chi connectivity index (χ4n) is 2.51. The van der Waals surface area contributed by atoms with Crippen LogP contribution in [0.5, 0.6) is 5.75 Å². The first-order chi connectivity index (χ1) is 13.0. The summed E-state index contributed by atoms with van der Waals surface area (Å²) in [5.41, 5.74) is 1.77. The Balaban J connectivity index is 0.00000392. The molecule has 0 spiro atoms. The van der Waals surface area contributed by atoms with Crippen LogP contribution in [0.15, 0.2) is 59.6 Å². The molecule has 2 aromatic rings. The van der Waals surface area contributed by atoms with Crippen molar-refractivity contribution in [2.75, 3.05) is 41.3 Å². The molecule has 0 saturated carbocycles. The summed E-state index contributed by atoms with van der Waals surface area (Å²) in [7, 11) is 7.23. The topological polar surface area (TPSA) is 57.2 Å². The van der Waals surface area contributed by atoms with E-state index >= 15 is 0 Å². The number of nitrogens with one attached hydrogen (secondary N) is 1. The number of benzene rings is 2. The minimum Gasteiger partial charge on any atom is -0.492 e. The number of hydrogen-bond donors (Lipinski definition) is 1. The Morgan fingerprint density at radius 2 is 1.68 bits per heavy atom. The summed E-state index contributed by atoms with van der Waals surface area (Å²) in [5, 5.41) is 3.33. The molecule has 0 aliphatic rings. The molecule has 0 saturated heterocycles. The number of carbonyl (C=O) groups is 1. The number of ether oxygens (including phenoxy) is 1. The molecule has 0 unspecified atom stereocenters. The fourth-order valence-corrected chi connectivity index (χ4v) is 2.51. The van der Waals surface area contributed by atoms with Gasteiger partial charge in [-0.05, 0) is 29.8 Å². The van der Waals surface area contributed by atoms with Crippen LogP contribution in [0.2, 0.25) is 0 Å². The van der Waals surface area contributed by atoms with Gasteiger partial charge in [0.15, 0.2) is 5.96 Å². The average molecular weight is 496 g/mol. The van der Waals surface area contributed by atoms with E-state index in [0.29, 0.717) is 25.3 Å². The van der Waals surface area contributed by atoms with Crippen molar-refractivity contribution in [2.45, 2.75) is 6.54 Å². The third-order valence-corrected chi connectivity index (χ3v) is 4.07. The molecule has 0 bridgehead atoms. The van der Waals surface area contributed by atoms with Gasteiger partial charge in [0.05, 0.1) is 6.54 Å². The molecule has 0 fully saturated rings. The lowest BCUT2D eigenvalue weighted by Gasteiger charge is -2.22. The molecule has 1 amide bonds.